The van der Waals surface area contributed by atoms with Crippen molar-refractivity contribution >= 4 is 29.1 Å². The Balaban J connectivity index is 1.48. The standard InChI is InChI=1S/C57H86N2O12/c1-35-16-12-11-13-17-37(3)46(58-43-22-25-44(67-8)26-23-43)34-45-24-20-41(7)57(66,71-45)54(63)55(64)59-29-15-14-18-47(59)56(65)70-49(38(4)32-42-21-27-48(60)50(33-42)68-9)28-19-36(2)31-40(6)52(62)53(69-10)51(61)39(5)30-35/h11-13,16-17,22-23,25-26,31,35-36,38-39,41-42,45-50,52-53,58,60,62,66H,14-15,18-21,24,27-30,32-34H2,1-10H3/b13-11+,16-12+,37-17+,40-31+/t35-,36+,38-,39-,41-,42-,45+,46-,47+,48-,49+,50-,52-,53+,57-/m1/s1. The second kappa shape index (κ2) is 27.2. The number of esters is 1. The number of carbonyl (C=O) groups excluding carboxylic acids is 4. The predicted octanol–water partition coefficient (Wildman–Crippen LogP) is 8.48. The summed E-state index contributed by atoms with van der Waals surface area (Å²) in [6.45, 7) is 13.7. The lowest BCUT2D eigenvalue weighted by Gasteiger charge is -2.43. The molecule has 4 N–H and O–H groups in total. The molecule has 1 aromatic carbocycles. The molecule has 14 nitrogen and oxygen atoms in total. The number of hydrogen-bond acceptors (Lipinski definition) is 13. The second-order valence-corrected chi connectivity index (χ2v) is 21.4. The van der Waals surface area contributed by atoms with Crippen LogP contribution in [0.1, 0.15) is 132 Å². The molecule has 4 aliphatic rings. The van der Waals surface area contributed by atoms with Crippen LogP contribution in [0.2, 0.25) is 0 Å². The zero-order valence-electron chi connectivity index (χ0n) is 44.2. The fourth-order valence-corrected chi connectivity index (χ4v) is 11.1. The van der Waals surface area contributed by atoms with Crippen LogP contribution in [0, 0.1) is 35.5 Å². The first-order chi connectivity index (χ1) is 33.8. The van der Waals surface area contributed by atoms with E-state index in [0.29, 0.717) is 88.4 Å². The van der Waals surface area contributed by atoms with E-state index in [9.17, 15) is 34.5 Å². The third-order valence-electron chi connectivity index (χ3n) is 15.7. The maximum atomic E-state index is 14.5. The predicted molar refractivity (Wildman–Crippen MR) is 274 cm³/mol. The molecule has 0 aromatic heterocycles. The zero-order valence-corrected chi connectivity index (χ0v) is 44.2. The van der Waals surface area contributed by atoms with E-state index in [1.54, 1.807) is 28.1 Å². The molecule has 15 atom stereocenters. The molecule has 3 aliphatic heterocycles. The Hall–Kier alpha value is -4.18. The first-order valence-corrected chi connectivity index (χ1v) is 26.3. The van der Waals surface area contributed by atoms with Crippen molar-refractivity contribution in [3.05, 3.63) is 71.9 Å². The number of Topliss-reactive ketones (excluding diaryl/α,β-unsaturated/α-hetero) is 2. The highest BCUT2D eigenvalue weighted by Gasteiger charge is 2.53. The van der Waals surface area contributed by atoms with Crippen molar-refractivity contribution < 1.29 is 58.2 Å². The molecule has 1 saturated carbocycles. The largest absolute Gasteiger partial charge is 0.497 e. The zero-order chi connectivity index (χ0) is 52.0. The topological polar surface area (TPSA) is 190 Å². The highest BCUT2D eigenvalue weighted by atomic mass is 16.6. The second-order valence-electron chi connectivity index (χ2n) is 21.4. The van der Waals surface area contributed by atoms with Gasteiger partial charge in [-0.1, -0.05) is 76.6 Å². The molecule has 71 heavy (non-hydrogen) atoms. The lowest BCUT2D eigenvalue weighted by Crippen LogP contribution is -2.61. The number of benzene rings is 1. The normalized spacial score (nSPS) is 37.8. The minimum absolute atomic E-state index is 0.0472. The average Bonchev–Trinajstić information content (AvgIpc) is 3.35. The summed E-state index contributed by atoms with van der Waals surface area (Å²) in [5.41, 5.74) is 2.39. The lowest BCUT2D eigenvalue weighted by atomic mass is 9.78. The SMILES string of the molecule is COc1ccc(N[C@@H]2C[C@@H]3CC[C@@H](C)[C@@](O)(O3)C(=O)C(=O)N3CCCC[C@H]3C(=O)O[C@H]([C@H](C)C[C@H]3CC[C@@H](O)[C@H](OC)C3)CC[C@H](C)/C=C(\C)[C@@H](O)[C@@H](OC)C(=O)[C@H](C)C[C@H](C)/C=C/C=C/C=C/2C)cc1. The first kappa shape index (κ1) is 57.7. The Morgan fingerprint density at radius 1 is 0.817 bits per heavy atom. The summed E-state index contributed by atoms with van der Waals surface area (Å²) in [6.07, 6.45) is 14.9. The number of methoxy groups -OCH3 is 3. The maximum Gasteiger partial charge on any atom is 0.329 e. The molecule has 1 aliphatic carbocycles. The Morgan fingerprint density at radius 3 is 2.24 bits per heavy atom. The van der Waals surface area contributed by atoms with Gasteiger partial charge in [0.05, 0.1) is 25.4 Å². The van der Waals surface area contributed by atoms with Crippen LogP contribution in [0.25, 0.3) is 0 Å². The monoisotopic (exact) mass is 991 g/mol. The molecule has 5 rings (SSSR count). The summed E-state index contributed by atoms with van der Waals surface area (Å²) in [5, 5.41) is 37.9. The van der Waals surface area contributed by atoms with Crippen LogP contribution >= 0.6 is 0 Å². The molecule has 396 valence electrons. The summed E-state index contributed by atoms with van der Waals surface area (Å²) < 4.78 is 29.5. The molecule has 1 amide bonds. The van der Waals surface area contributed by atoms with Gasteiger partial charge in [-0.05, 0) is 151 Å². The third kappa shape index (κ3) is 15.7. The molecule has 1 aromatic rings. The molecule has 3 fully saturated rings. The Bertz CT molecular complexity index is 2030. The quantitative estimate of drug-likeness (QED) is 0.110. The van der Waals surface area contributed by atoms with Gasteiger partial charge in [-0.25, -0.2) is 4.79 Å². The van der Waals surface area contributed by atoms with Gasteiger partial charge in [0.25, 0.3) is 11.7 Å². The number of fused-ring (bicyclic) bond motifs is 3. The van der Waals surface area contributed by atoms with Gasteiger partial charge in [-0.2, -0.15) is 0 Å². The number of piperidine rings is 1. The number of allylic oxidation sites excluding steroid dienone is 6. The number of hydrogen-bond donors (Lipinski definition) is 4. The Kier molecular flexibility index (Phi) is 22.1. The van der Waals surface area contributed by atoms with Gasteiger partial charge in [0.15, 0.2) is 5.78 Å². The number of aliphatic hydroxyl groups is 3. The van der Waals surface area contributed by atoms with E-state index in [1.165, 1.54) is 12.0 Å². The highest BCUT2D eigenvalue weighted by molar-refractivity contribution is 6.39. The van der Waals surface area contributed by atoms with Gasteiger partial charge in [0.1, 0.15) is 30.1 Å². The molecule has 0 spiro atoms. The van der Waals surface area contributed by atoms with Gasteiger partial charge in [0.2, 0.25) is 5.79 Å². The third-order valence-corrected chi connectivity index (χ3v) is 15.7. The summed E-state index contributed by atoms with van der Waals surface area (Å²) in [5.74, 6) is -5.53. The van der Waals surface area contributed by atoms with Crippen LogP contribution < -0.4 is 10.1 Å². The van der Waals surface area contributed by atoms with E-state index in [0.717, 1.165) is 17.7 Å². The molecule has 0 unspecified atom stereocenters. The van der Waals surface area contributed by atoms with Crippen molar-refractivity contribution in [2.45, 2.75) is 186 Å². The van der Waals surface area contributed by atoms with Gasteiger partial charge in [0, 0.05) is 44.3 Å². The van der Waals surface area contributed by atoms with Gasteiger partial charge < -0.3 is 49.2 Å². The van der Waals surface area contributed by atoms with E-state index >= 15 is 0 Å². The van der Waals surface area contributed by atoms with Crippen LogP contribution in [0.4, 0.5) is 5.69 Å². The van der Waals surface area contributed by atoms with Crippen molar-refractivity contribution in [1.82, 2.24) is 4.90 Å². The van der Waals surface area contributed by atoms with Crippen LogP contribution in [-0.2, 0) is 38.1 Å². The van der Waals surface area contributed by atoms with E-state index in [-0.39, 0.29) is 54.1 Å². The van der Waals surface area contributed by atoms with E-state index in [1.807, 2.05) is 88.4 Å². The molecule has 2 saturated heterocycles. The number of carbonyl (C=O) groups is 4. The summed E-state index contributed by atoms with van der Waals surface area (Å²) >= 11 is 0. The molecule has 14 heteroatoms. The van der Waals surface area contributed by atoms with Crippen molar-refractivity contribution in [1.29, 1.82) is 0 Å². The first-order valence-electron chi connectivity index (χ1n) is 26.3. The smallest absolute Gasteiger partial charge is 0.329 e. The van der Waals surface area contributed by atoms with Crippen LogP contribution in [-0.4, -0.2) is 126 Å². The number of nitrogens with zero attached hydrogens (tertiary/aromatic N) is 1. The lowest BCUT2D eigenvalue weighted by molar-refractivity contribution is -0.263. The molecular weight excluding hydrogens is 905 g/mol. The van der Waals surface area contributed by atoms with E-state index in [4.69, 9.17) is 23.7 Å². The minimum atomic E-state index is -2.41. The fraction of sp³-hybridized carbons (Fsp3) is 0.684. The number of nitrogens with one attached hydrogen (secondary N) is 1. The Morgan fingerprint density at radius 2 is 1.55 bits per heavy atom. The summed E-state index contributed by atoms with van der Waals surface area (Å²) in [6, 6.07) is 6.21. The van der Waals surface area contributed by atoms with Gasteiger partial charge >= 0.3 is 5.97 Å². The number of cyclic esters (lactones) is 1. The summed E-state index contributed by atoms with van der Waals surface area (Å²) in [7, 11) is 4.66. The minimum Gasteiger partial charge on any atom is -0.497 e. The van der Waals surface area contributed by atoms with Crippen molar-refractivity contribution in [3.8, 4) is 5.75 Å². The number of amides is 1. The number of ether oxygens (including phenoxy) is 5. The molecule has 2 bridgehead atoms. The van der Waals surface area contributed by atoms with Gasteiger partial charge in [-0.15, -0.1) is 0 Å². The molecular formula is C57H86N2O12. The maximum absolute atomic E-state index is 14.5. The van der Waals surface area contributed by atoms with E-state index in [2.05, 4.69) is 12.2 Å². The fourth-order valence-electron chi connectivity index (χ4n) is 11.1. The molecule has 0 radical (unpaired) electrons. The number of ketones is 2. The number of rotatable bonds is 8. The van der Waals surface area contributed by atoms with Crippen LogP contribution in [0.3, 0.4) is 0 Å². The van der Waals surface area contributed by atoms with Crippen molar-refractivity contribution in [2.24, 2.45) is 35.5 Å². The number of aliphatic hydroxyl groups excluding tert-OH is 2. The van der Waals surface area contributed by atoms with Crippen LogP contribution in [0.5, 0.6) is 5.75 Å². The summed E-state index contributed by atoms with van der Waals surface area (Å²) in [4.78, 5) is 58.6. The van der Waals surface area contributed by atoms with Crippen LogP contribution in [0.15, 0.2) is 71.9 Å². The highest BCUT2D eigenvalue weighted by Crippen LogP contribution is 2.38. The van der Waals surface area contributed by atoms with Crippen molar-refractivity contribution in [3.63, 3.8) is 0 Å². The number of anilines is 1. The average molecular weight is 991 g/mol. The van der Waals surface area contributed by atoms with Crippen molar-refractivity contribution in [2.75, 3.05) is 33.2 Å². The van der Waals surface area contributed by atoms with E-state index < -0.39 is 65.9 Å². The molecule has 3 heterocycles. The Labute approximate surface area is 423 Å². The van der Waals surface area contributed by atoms with Gasteiger partial charge in [-0.3, -0.25) is 14.4 Å².